The molecule has 100 valence electrons. The topological polar surface area (TPSA) is 50.4 Å². The van der Waals surface area contributed by atoms with Crippen molar-refractivity contribution in [1.82, 2.24) is 5.32 Å². The molecule has 1 aromatic rings. The summed E-state index contributed by atoms with van der Waals surface area (Å²) in [5.74, 6) is -0.0495. The molecule has 0 saturated heterocycles. The molecule has 0 aliphatic heterocycles. The van der Waals surface area contributed by atoms with Crippen molar-refractivity contribution < 1.29 is 9.53 Å². The SMILES string of the molecule is CCCNc1ccc(C(=O)NCCOC)c(C)c1. The van der Waals surface area contributed by atoms with Crippen LogP contribution < -0.4 is 10.6 Å². The predicted molar refractivity (Wildman–Crippen MR) is 74.2 cm³/mol. The van der Waals surface area contributed by atoms with Crippen molar-refractivity contribution in [3.63, 3.8) is 0 Å². The maximum Gasteiger partial charge on any atom is 0.251 e. The molecule has 0 aliphatic carbocycles. The van der Waals surface area contributed by atoms with Gasteiger partial charge in [-0.25, -0.2) is 0 Å². The highest BCUT2D eigenvalue weighted by molar-refractivity contribution is 5.96. The number of amides is 1. The largest absolute Gasteiger partial charge is 0.385 e. The number of nitrogens with one attached hydrogen (secondary N) is 2. The summed E-state index contributed by atoms with van der Waals surface area (Å²) in [4.78, 5) is 11.9. The van der Waals surface area contributed by atoms with Crippen molar-refractivity contribution in [3.05, 3.63) is 29.3 Å². The molecule has 1 amide bonds. The summed E-state index contributed by atoms with van der Waals surface area (Å²) in [7, 11) is 1.62. The molecule has 1 rings (SSSR count). The van der Waals surface area contributed by atoms with Crippen LogP contribution in [0.15, 0.2) is 18.2 Å². The zero-order valence-corrected chi connectivity index (χ0v) is 11.4. The van der Waals surface area contributed by atoms with Crippen LogP contribution in [0, 0.1) is 6.92 Å². The highest BCUT2D eigenvalue weighted by Crippen LogP contribution is 2.15. The molecule has 4 heteroatoms. The standard InChI is InChI=1S/C14H22N2O2/c1-4-7-15-12-5-6-13(11(2)10-12)14(17)16-8-9-18-3/h5-6,10,15H,4,7-9H2,1-3H3,(H,16,17). The molecule has 4 nitrogen and oxygen atoms in total. The lowest BCUT2D eigenvalue weighted by Gasteiger charge is -2.10. The van der Waals surface area contributed by atoms with E-state index in [0.29, 0.717) is 18.7 Å². The van der Waals surface area contributed by atoms with Gasteiger partial charge in [-0.3, -0.25) is 4.79 Å². The molecule has 0 heterocycles. The number of anilines is 1. The van der Waals surface area contributed by atoms with E-state index in [0.717, 1.165) is 24.2 Å². The monoisotopic (exact) mass is 250 g/mol. The van der Waals surface area contributed by atoms with Crippen molar-refractivity contribution in [2.24, 2.45) is 0 Å². The van der Waals surface area contributed by atoms with Crippen LogP contribution in [0.5, 0.6) is 0 Å². The maximum atomic E-state index is 11.9. The van der Waals surface area contributed by atoms with E-state index in [2.05, 4.69) is 17.6 Å². The van der Waals surface area contributed by atoms with Crippen LogP contribution in [0.4, 0.5) is 5.69 Å². The van der Waals surface area contributed by atoms with E-state index in [1.807, 2.05) is 25.1 Å². The molecule has 0 spiro atoms. The molecule has 0 saturated carbocycles. The Morgan fingerprint density at radius 1 is 1.33 bits per heavy atom. The van der Waals surface area contributed by atoms with Crippen LogP contribution in [-0.2, 0) is 4.74 Å². The van der Waals surface area contributed by atoms with Gasteiger partial charge in [-0.2, -0.15) is 0 Å². The average molecular weight is 250 g/mol. The number of carbonyl (C=O) groups excluding carboxylic acids is 1. The van der Waals surface area contributed by atoms with Gasteiger partial charge < -0.3 is 15.4 Å². The van der Waals surface area contributed by atoms with E-state index in [4.69, 9.17) is 4.74 Å². The predicted octanol–water partition coefficient (Wildman–Crippen LogP) is 2.19. The molecule has 0 bridgehead atoms. The number of benzene rings is 1. The van der Waals surface area contributed by atoms with Crippen LogP contribution in [0.25, 0.3) is 0 Å². The third-order valence-corrected chi connectivity index (χ3v) is 2.64. The molecular formula is C14H22N2O2. The van der Waals surface area contributed by atoms with E-state index < -0.39 is 0 Å². The number of hydrogen-bond donors (Lipinski definition) is 2. The number of methoxy groups -OCH3 is 1. The van der Waals surface area contributed by atoms with Gasteiger partial charge in [0.2, 0.25) is 0 Å². The van der Waals surface area contributed by atoms with Gasteiger partial charge in [-0.15, -0.1) is 0 Å². The molecule has 0 unspecified atom stereocenters. The first kappa shape index (κ1) is 14.5. The number of rotatable bonds is 7. The Labute approximate surface area is 109 Å². The van der Waals surface area contributed by atoms with Crippen LogP contribution in [-0.4, -0.2) is 32.7 Å². The Kier molecular flexibility index (Phi) is 6.22. The lowest BCUT2D eigenvalue weighted by Crippen LogP contribution is -2.27. The lowest BCUT2D eigenvalue weighted by atomic mass is 10.1. The Hall–Kier alpha value is -1.55. The van der Waals surface area contributed by atoms with Gasteiger partial charge in [0.25, 0.3) is 5.91 Å². The summed E-state index contributed by atoms with van der Waals surface area (Å²) in [5.41, 5.74) is 2.75. The summed E-state index contributed by atoms with van der Waals surface area (Å²) >= 11 is 0. The second-order valence-electron chi connectivity index (χ2n) is 4.21. The Balaban J connectivity index is 2.63. The highest BCUT2D eigenvalue weighted by atomic mass is 16.5. The van der Waals surface area contributed by atoms with Crippen LogP contribution >= 0.6 is 0 Å². The second-order valence-corrected chi connectivity index (χ2v) is 4.21. The minimum atomic E-state index is -0.0495. The Morgan fingerprint density at radius 2 is 2.11 bits per heavy atom. The quantitative estimate of drug-likeness (QED) is 0.729. The second kappa shape index (κ2) is 7.71. The van der Waals surface area contributed by atoms with Crippen LogP contribution in [0.1, 0.15) is 29.3 Å². The number of aryl methyl sites for hydroxylation is 1. The fourth-order valence-electron chi connectivity index (χ4n) is 1.66. The van der Waals surface area contributed by atoms with Gasteiger partial charge in [-0.05, 0) is 37.1 Å². The van der Waals surface area contributed by atoms with Gasteiger partial charge in [0, 0.05) is 31.5 Å². The van der Waals surface area contributed by atoms with Crippen LogP contribution in [0.3, 0.4) is 0 Å². The molecule has 0 aromatic heterocycles. The normalized spacial score (nSPS) is 10.2. The zero-order chi connectivity index (χ0) is 13.4. The Morgan fingerprint density at radius 3 is 2.72 bits per heavy atom. The van der Waals surface area contributed by atoms with Crippen molar-refractivity contribution in [3.8, 4) is 0 Å². The molecular weight excluding hydrogens is 228 g/mol. The van der Waals surface area contributed by atoms with Crippen molar-refractivity contribution in [2.45, 2.75) is 20.3 Å². The number of ether oxygens (including phenoxy) is 1. The molecule has 0 radical (unpaired) electrons. The summed E-state index contributed by atoms with van der Waals surface area (Å²) in [6, 6.07) is 5.80. The molecule has 1 aromatic carbocycles. The van der Waals surface area contributed by atoms with Crippen molar-refractivity contribution in [2.75, 3.05) is 32.1 Å². The number of carbonyl (C=O) groups is 1. The smallest absolute Gasteiger partial charge is 0.251 e. The van der Waals surface area contributed by atoms with Crippen molar-refractivity contribution >= 4 is 11.6 Å². The van der Waals surface area contributed by atoms with E-state index in [1.54, 1.807) is 7.11 Å². The van der Waals surface area contributed by atoms with E-state index in [-0.39, 0.29) is 5.91 Å². The molecule has 0 atom stereocenters. The van der Waals surface area contributed by atoms with E-state index >= 15 is 0 Å². The molecule has 18 heavy (non-hydrogen) atoms. The summed E-state index contributed by atoms with van der Waals surface area (Å²) in [5, 5.41) is 6.12. The van der Waals surface area contributed by atoms with Crippen LogP contribution in [0.2, 0.25) is 0 Å². The molecule has 0 aliphatic rings. The van der Waals surface area contributed by atoms with Gasteiger partial charge in [0.05, 0.1) is 6.61 Å². The minimum absolute atomic E-state index is 0.0495. The van der Waals surface area contributed by atoms with Gasteiger partial charge in [-0.1, -0.05) is 6.92 Å². The van der Waals surface area contributed by atoms with Gasteiger partial charge in [0.15, 0.2) is 0 Å². The van der Waals surface area contributed by atoms with Gasteiger partial charge >= 0.3 is 0 Å². The highest BCUT2D eigenvalue weighted by Gasteiger charge is 2.08. The third-order valence-electron chi connectivity index (χ3n) is 2.64. The number of hydrogen-bond acceptors (Lipinski definition) is 3. The zero-order valence-electron chi connectivity index (χ0n) is 11.4. The first-order chi connectivity index (χ1) is 8.69. The van der Waals surface area contributed by atoms with E-state index in [1.165, 1.54) is 0 Å². The minimum Gasteiger partial charge on any atom is -0.385 e. The summed E-state index contributed by atoms with van der Waals surface area (Å²) < 4.78 is 4.90. The average Bonchev–Trinajstić information content (AvgIpc) is 2.36. The van der Waals surface area contributed by atoms with E-state index in [9.17, 15) is 4.79 Å². The lowest BCUT2D eigenvalue weighted by molar-refractivity contribution is 0.0936. The first-order valence-corrected chi connectivity index (χ1v) is 6.30. The summed E-state index contributed by atoms with van der Waals surface area (Å²) in [6.07, 6.45) is 1.08. The third kappa shape index (κ3) is 4.37. The maximum absolute atomic E-state index is 11.9. The van der Waals surface area contributed by atoms with Crippen molar-refractivity contribution in [1.29, 1.82) is 0 Å². The summed E-state index contributed by atoms with van der Waals surface area (Å²) in [6.45, 7) is 6.07. The fourth-order valence-corrected chi connectivity index (χ4v) is 1.66. The Bertz CT molecular complexity index is 391. The molecule has 0 fully saturated rings. The first-order valence-electron chi connectivity index (χ1n) is 6.30. The molecule has 2 N–H and O–H groups in total. The fraction of sp³-hybridized carbons (Fsp3) is 0.500. The van der Waals surface area contributed by atoms with Gasteiger partial charge in [0.1, 0.15) is 0 Å².